The van der Waals surface area contributed by atoms with E-state index in [1.807, 2.05) is 0 Å². The fraction of sp³-hybridized carbons (Fsp3) is 0.333. The second kappa shape index (κ2) is 4.11. The summed E-state index contributed by atoms with van der Waals surface area (Å²) in [6.07, 6.45) is 1.99. The van der Waals surface area contributed by atoms with Crippen molar-refractivity contribution in [2.45, 2.75) is 18.9 Å². The first kappa shape index (κ1) is 12.1. The minimum atomic E-state index is 0.295. The molecule has 0 spiro atoms. The summed E-state index contributed by atoms with van der Waals surface area (Å²) in [5, 5.41) is 3.65. The van der Waals surface area contributed by atoms with Gasteiger partial charge in [0, 0.05) is 11.6 Å². The van der Waals surface area contributed by atoms with Crippen LogP contribution in [0.3, 0.4) is 0 Å². The molecule has 6 rings (SSSR count). The van der Waals surface area contributed by atoms with Crippen LogP contribution in [0.2, 0.25) is 0 Å². The maximum absolute atomic E-state index is 5.82. The molecule has 2 aromatic carbocycles. The molecule has 116 valence electrons. The van der Waals surface area contributed by atoms with Crippen molar-refractivity contribution in [3.05, 3.63) is 34.9 Å². The molecule has 3 heterocycles. The van der Waals surface area contributed by atoms with E-state index in [0.717, 1.165) is 42.4 Å². The molecule has 0 fully saturated rings. The topological polar surface area (TPSA) is 49.0 Å². The molecule has 4 aliphatic rings. The zero-order chi connectivity index (χ0) is 15.0. The Bertz CT molecular complexity index is 861. The summed E-state index contributed by atoms with van der Waals surface area (Å²) in [6.45, 7) is 1.59. The van der Waals surface area contributed by atoms with Crippen LogP contribution in [0, 0.1) is 0 Å². The lowest BCUT2D eigenvalue weighted by Gasteiger charge is -2.34. The molecule has 2 aromatic rings. The van der Waals surface area contributed by atoms with Crippen LogP contribution in [0.15, 0.2) is 18.2 Å². The van der Waals surface area contributed by atoms with Crippen molar-refractivity contribution in [1.82, 2.24) is 5.32 Å². The number of benzene rings is 2. The van der Waals surface area contributed by atoms with E-state index in [1.54, 1.807) is 0 Å². The van der Waals surface area contributed by atoms with Gasteiger partial charge >= 0.3 is 0 Å². The van der Waals surface area contributed by atoms with Crippen molar-refractivity contribution >= 4 is 0 Å². The monoisotopic (exact) mass is 309 g/mol. The summed E-state index contributed by atoms with van der Waals surface area (Å²) in [7, 11) is 0. The molecule has 0 bridgehead atoms. The molecule has 1 aliphatic carbocycles. The van der Waals surface area contributed by atoms with Crippen LogP contribution in [-0.4, -0.2) is 20.1 Å². The molecule has 0 saturated heterocycles. The maximum atomic E-state index is 5.82. The third kappa shape index (κ3) is 1.50. The lowest BCUT2D eigenvalue weighted by Crippen LogP contribution is -2.33. The third-order valence-electron chi connectivity index (χ3n) is 5.21. The number of fused-ring (bicyclic) bond motifs is 5. The molecule has 0 saturated carbocycles. The highest BCUT2D eigenvalue weighted by Gasteiger charge is 2.36. The molecule has 1 unspecified atom stereocenters. The van der Waals surface area contributed by atoms with E-state index in [0.29, 0.717) is 19.6 Å². The molecule has 0 radical (unpaired) electrons. The van der Waals surface area contributed by atoms with Crippen LogP contribution in [0.5, 0.6) is 23.0 Å². The molecule has 23 heavy (non-hydrogen) atoms. The van der Waals surface area contributed by atoms with Crippen LogP contribution in [0.1, 0.15) is 22.7 Å². The van der Waals surface area contributed by atoms with Crippen molar-refractivity contribution < 1.29 is 18.9 Å². The molecular formula is C18H15NO4. The quantitative estimate of drug-likeness (QED) is 0.810. The van der Waals surface area contributed by atoms with Crippen molar-refractivity contribution in [2.24, 2.45) is 0 Å². The van der Waals surface area contributed by atoms with Gasteiger partial charge in [0.1, 0.15) is 0 Å². The lowest BCUT2D eigenvalue weighted by molar-refractivity contribution is 0.174. The highest BCUT2D eigenvalue weighted by atomic mass is 16.7. The van der Waals surface area contributed by atoms with E-state index in [-0.39, 0.29) is 0 Å². The van der Waals surface area contributed by atoms with Crippen LogP contribution in [-0.2, 0) is 12.8 Å². The van der Waals surface area contributed by atoms with Crippen molar-refractivity contribution in [1.29, 1.82) is 0 Å². The molecule has 3 aliphatic heterocycles. The molecule has 1 atom stereocenters. The first-order valence-corrected chi connectivity index (χ1v) is 8.00. The number of hydrogen-bond acceptors (Lipinski definition) is 5. The van der Waals surface area contributed by atoms with Crippen molar-refractivity contribution in [3.63, 3.8) is 0 Å². The van der Waals surface area contributed by atoms with Crippen LogP contribution < -0.4 is 24.3 Å². The number of ether oxygens (including phenoxy) is 4. The second-order valence-electron chi connectivity index (χ2n) is 6.38. The minimum absolute atomic E-state index is 0.295. The van der Waals surface area contributed by atoms with Gasteiger partial charge in [-0.3, -0.25) is 0 Å². The van der Waals surface area contributed by atoms with Gasteiger partial charge in [-0.25, -0.2) is 0 Å². The predicted molar refractivity (Wildman–Crippen MR) is 82.3 cm³/mol. The average Bonchev–Trinajstić information content (AvgIpc) is 3.20. The maximum Gasteiger partial charge on any atom is 0.231 e. The Labute approximate surface area is 133 Å². The Balaban J connectivity index is 1.70. The van der Waals surface area contributed by atoms with Gasteiger partial charge in [0.05, 0.1) is 0 Å². The van der Waals surface area contributed by atoms with Gasteiger partial charge in [0.15, 0.2) is 23.0 Å². The summed E-state index contributed by atoms with van der Waals surface area (Å²) in [4.78, 5) is 0. The summed E-state index contributed by atoms with van der Waals surface area (Å²) >= 11 is 0. The van der Waals surface area contributed by atoms with Crippen LogP contribution in [0.4, 0.5) is 0 Å². The standard InChI is InChI=1S/C18H15NO4/c1-2-19-12-3-10-5-13-14(21-7-20-13)6-11(10)17-16(12)9(1)4-15-18(17)23-8-22-15/h4-6,12,19H,1-3,7-8H2. The summed E-state index contributed by atoms with van der Waals surface area (Å²) in [5.74, 6) is 3.39. The van der Waals surface area contributed by atoms with Gasteiger partial charge in [0.2, 0.25) is 13.6 Å². The van der Waals surface area contributed by atoms with E-state index in [2.05, 4.69) is 23.5 Å². The van der Waals surface area contributed by atoms with E-state index in [4.69, 9.17) is 18.9 Å². The van der Waals surface area contributed by atoms with E-state index in [9.17, 15) is 0 Å². The van der Waals surface area contributed by atoms with Gasteiger partial charge in [0.25, 0.3) is 0 Å². The number of nitrogens with one attached hydrogen (secondary N) is 1. The Morgan fingerprint density at radius 3 is 2.61 bits per heavy atom. The Kier molecular flexibility index (Phi) is 2.16. The number of hydrogen-bond donors (Lipinski definition) is 1. The molecule has 5 heteroatoms. The molecule has 1 N–H and O–H groups in total. The van der Waals surface area contributed by atoms with E-state index in [1.165, 1.54) is 27.8 Å². The minimum Gasteiger partial charge on any atom is -0.454 e. The van der Waals surface area contributed by atoms with Gasteiger partial charge < -0.3 is 24.3 Å². The zero-order valence-corrected chi connectivity index (χ0v) is 12.5. The fourth-order valence-electron chi connectivity index (χ4n) is 4.25. The Morgan fingerprint density at radius 2 is 1.65 bits per heavy atom. The summed E-state index contributed by atoms with van der Waals surface area (Å²) < 4.78 is 22.6. The summed E-state index contributed by atoms with van der Waals surface area (Å²) in [6, 6.07) is 6.70. The smallest absolute Gasteiger partial charge is 0.231 e. The third-order valence-corrected chi connectivity index (χ3v) is 5.21. The first-order chi connectivity index (χ1) is 11.4. The van der Waals surface area contributed by atoms with E-state index < -0.39 is 0 Å². The van der Waals surface area contributed by atoms with Gasteiger partial charge in [-0.1, -0.05) is 0 Å². The molecule has 5 nitrogen and oxygen atoms in total. The molecular weight excluding hydrogens is 294 g/mol. The summed E-state index contributed by atoms with van der Waals surface area (Å²) in [5.41, 5.74) is 6.37. The highest BCUT2D eigenvalue weighted by Crippen LogP contribution is 2.54. The fourth-order valence-corrected chi connectivity index (χ4v) is 4.25. The first-order valence-electron chi connectivity index (χ1n) is 8.00. The Hall–Kier alpha value is -2.40. The van der Waals surface area contributed by atoms with E-state index >= 15 is 0 Å². The van der Waals surface area contributed by atoms with Crippen LogP contribution >= 0.6 is 0 Å². The van der Waals surface area contributed by atoms with Gasteiger partial charge in [-0.05, 0) is 59.8 Å². The van der Waals surface area contributed by atoms with Crippen molar-refractivity contribution in [3.8, 4) is 34.1 Å². The SMILES string of the molecule is c1c2c(cc3c1OCO3)-c1c3c(cc4c1C(C2)NCC4)OCO3. The van der Waals surface area contributed by atoms with Gasteiger partial charge in [-0.15, -0.1) is 0 Å². The normalized spacial score (nSPS) is 21.8. The predicted octanol–water partition coefficient (Wildman–Crippen LogP) is 2.55. The second-order valence-corrected chi connectivity index (χ2v) is 6.38. The molecule has 0 aromatic heterocycles. The average molecular weight is 309 g/mol. The largest absolute Gasteiger partial charge is 0.454 e. The van der Waals surface area contributed by atoms with Gasteiger partial charge in [-0.2, -0.15) is 0 Å². The zero-order valence-electron chi connectivity index (χ0n) is 12.5. The Morgan fingerprint density at radius 1 is 0.870 bits per heavy atom. The van der Waals surface area contributed by atoms with Crippen LogP contribution in [0.25, 0.3) is 11.1 Å². The number of rotatable bonds is 0. The van der Waals surface area contributed by atoms with Crippen molar-refractivity contribution in [2.75, 3.05) is 20.1 Å². The highest BCUT2D eigenvalue weighted by molar-refractivity contribution is 5.85. The lowest BCUT2D eigenvalue weighted by atomic mass is 9.77. The molecule has 0 amide bonds.